The van der Waals surface area contributed by atoms with Crippen LogP contribution >= 0.6 is 15.9 Å². The summed E-state index contributed by atoms with van der Waals surface area (Å²) in [5.41, 5.74) is 3.64. The SMILES string of the molecule is Cc1cccc(C)c1OCC(=O)N[C@@H](Cc1cccc(Br)c1)[C@H](O)C[C@H](CC(C)C)S(=O)(=O)c1ccc(N(C)C)cc1. The number of benzene rings is 3. The fraction of sp³-hybridized carbons (Fsp3) is 0.424. The molecular weight excluding hydrogens is 616 g/mol. The number of anilines is 1. The Labute approximate surface area is 259 Å². The van der Waals surface area contributed by atoms with Crippen molar-refractivity contribution in [1.82, 2.24) is 5.32 Å². The summed E-state index contributed by atoms with van der Waals surface area (Å²) >= 11 is 3.49. The Morgan fingerprint density at radius 1 is 0.976 bits per heavy atom. The number of hydrogen-bond acceptors (Lipinski definition) is 6. The van der Waals surface area contributed by atoms with E-state index in [1.54, 1.807) is 24.3 Å². The molecule has 0 aliphatic carbocycles. The summed E-state index contributed by atoms with van der Waals surface area (Å²) in [6.45, 7) is 7.55. The highest BCUT2D eigenvalue weighted by Gasteiger charge is 2.33. The standard InChI is InChI=1S/C33H43BrN2O5S/c1-22(2)17-29(42(39,40)28-15-13-27(14-16-28)36(5)6)20-31(37)30(19-25-11-8-12-26(34)18-25)35-32(38)21-41-33-23(3)9-7-10-24(33)4/h7-16,18,22,29-31,37H,17,19-21H2,1-6H3,(H,35,38)/t29-,30-,31+/m0/s1. The number of sulfone groups is 1. The van der Waals surface area contributed by atoms with Crippen molar-refractivity contribution in [2.75, 3.05) is 25.6 Å². The third-order valence-corrected chi connectivity index (χ3v) is 9.96. The average Bonchev–Trinajstić information content (AvgIpc) is 2.92. The molecule has 3 atom stereocenters. The van der Waals surface area contributed by atoms with Crippen LogP contribution in [-0.2, 0) is 21.1 Å². The molecule has 7 nitrogen and oxygen atoms in total. The zero-order valence-corrected chi connectivity index (χ0v) is 27.7. The Hall–Kier alpha value is -2.88. The Morgan fingerprint density at radius 2 is 1.60 bits per heavy atom. The highest BCUT2D eigenvalue weighted by molar-refractivity contribution is 9.10. The number of aliphatic hydroxyl groups excluding tert-OH is 1. The molecular formula is C33H43BrN2O5S. The molecule has 0 aliphatic heterocycles. The van der Waals surface area contributed by atoms with Gasteiger partial charge in [0.25, 0.3) is 5.91 Å². The van der Waals surface area contributed by atoms with Gasteiger partial charge in [-0.25, -0.2) is 8.42 Å². The summed E-state index contributed by atoms with van der Waals surface area (Å²) in [6.07, 6.45) is -0.441. The molecule has 0 fully saturated rings. The maximum atomic E-state index is 13.8. The second-order valence-corrected chi connectivity index (χ2v) is 14.6. The molecule has 9 heteroatoms. The van der Waals surface area contributed by atoms with Crippen molar-refractivity contribution >= 4 is 37.4 Å². The average molecular weight is 660 g/mol. The second-order valence-electron chi connectivity index (χ2n) is 11.5. The Bertz CT molecular complexity index is 1420. The molecule has 228 valence electrons. The maximum absolute atomic E-state index is 13.8. The molecule has 3 aromatic rings. The van der Waals surface area contributed by atoms with Gasteiger partial charge in [0.05, 0.1) is 22.3 Å². The number of rotatable bonds is 14. The number of nitrogens with one attached hydrogen (secondary N) is 1. The first kappa shape index (κ1) is 33.6. The Balaban J connectivity index is 1.84. The van der Waals surface area contributed by atoms with Gasteiger partial charge in [-0.3, -0.25) is 4.79 Å². The fourth-order valence-corrected chi connectivity index (χ4v) is 7.49. The summed E-state index contributed by atoms with van der Waals surface area (Å²) in [5.74, 6) is 0.348. The lowest BCUT2D eigenvalue weighted by atomic mass is 9.95. The predicted octanol–water partition coefficient (Wildman–Crippen LogP) is 5.88. The molecule has 0 saturated heterocycles. The van der Waals surface area contributed by atoms with E-state index < -0.39 is 27.2 Å². The highest BCUT2D eigenvalue weighted by atomic mass is 79.9. The minimum absolute atomic E-state index is 0.0212. The van der Waals surface area contributed by atoms with E-state index >= 15 is 0 Å². The number of aliphatic hydroxyl groups is 1. The van der Waals surface area contributed by atoms with E-state index in [0.29, 0.717) is 18.6 Å². The van der Waals surface area contributed by atoms with Crippen molar-refractivity contribution in [3.05, 3.63) is 87.9 Å². The highest BCUT2D eigenvalue weighted by Crippen LogP contribution is 2.28. The third-order valence-electron chi connectivity index (χ3n) is 7.27. The molecule has 42 heavy (non-hydrogen) atoms. The molecule has 2 N–H and O–H groups in total. The van der Waals surface area contributed by atoms with E-state index in [-0.39, 0.29) is 29.7 Å². The lowest BCUT2D eigenvalue weighted by Crippen LogP contribution is -2.48. The zero-order chi connectivity index (χ0) is 31.0. The number of carbonyl (C=O) groups is 1. The first-order valence-electron chi connectivity index (χ1n) is 14.2. The zero-order valence-electron chi connectivity index (χ0n) is 25.3. The van der Waals surface area contributed by atoms with Gasteiger partial charge in [0, 0.05) is 24.3 Å². The maximum Gasteiger partial charge on any atom is 0.258 e. The lowest BCUT2D eigenvalue weighted by molar-refractivity contribution is -0.124. The number of carbonyl (C=O) groups excluding carboxylic acids is 1. The van der Waals surface area contributed by atoms with Gasteiger partial charge in [-0.15, -0.1) is 0 Å². The van der Waals surface area contributed by atoms with E-state index in [4.69, 9.17) is 4.74 Å². The van der Waals surface area contributed by atoms with Crippen LogP contribution in [0.4, 0.5) is 5.69 Å². The van der Waals surface area contributed by atoms with Crippen LogP contribution in [0.1, 0.15) is 43.4 Å². The number of aryl methyl sites for hydroxylation is 2. The van der Waals surface area contributed by atoms with Crippen molar-refractivity contribution in [3.8, 4) is 5.75 Å². The van der Waals surface area contributed by atoms with E-state index in [1.165, 1.54) is 0 Å². The first-order valence-corrected chi connectivity index (χ1v) is 16.5. The smallest absolute Gasteiger partial charge is 0.258 e. The largest absolute Gasteiger partial charge is 0.483 e. The van der Waals surface area contributed by atoms with Gasteiger partial charge in [0.2, 0.25) is 0 Å². The molecule has 0 heterocycles. The quantitative estimate of drug-likeness (QED) is 0.225. The van der Waals surface area contributed by atoms with Crippen LogP contribution in [0.5, 0.6) is 5.75 Å². The van der Waals surface area contributed by atoms with Crippen LogP contribution in [0.3, 0.4) is 0 Å². The minimum Gasteiger partial charge on any atom is -0.483 e. The molecule has 3 aromatic carbocycles. The van der Waals surface area contributed by atoms with Crippen molar-refractivity contribution < 1.29 is 23.1 Å². The van der Waals surface area contributed by atoms with Crippen molar-refractivity contribution in [2.45, 2.75) is 69.2 Å². The molecule has 1 amide bonds. The van der Waals surface area contributed by atoms with Crippen molar-refractivity contribution in [1.29, 1.82) is 0 Å². The molecule has 0 aliphatic rings. The van der Waals surface area contributed by atoms with Gasteiger partial charge < -0.3 is 20.1 Å². The molecule has 3 rings (SSSR count). The number of amides is 1. The summed E-state index contributed by atoms with van der Waals surface area (Å²) in [4.78, 5) is 15.2. The fourth-order valence-electron chi connectivity index (χ4n) is 5.05. The van der Waals surface area contributed by atoms with E-state index in [1.807, 2.05) is 89.2 Å². The van der Waals surface area contributed by atoms with Crippen molar-refractivity contribution in [3.63, 3.8) is 0 Å². The van der Waals surface area contributed by atoms with Crippen LogP contribution in [0.2, 0.25) is 0 Å². The van der Waals surface area contributed by atoms with Gasteiger partial charge in [-0.1, -0.05) is 60.1 Å². The van der Waals surface area contributed by atoms with Crippen LogP contribution < -0.4 is 15.0 Å². The summed E-state index contributed by atoms with van der Waals surface area (Å²) in [7, 11) is 0.0399. The Morgan fingerprint density at radius 3 is 2.17 bits per heavy atom. The minimum atomic E-state index is -3.75. The lowest BCUT2D eigenvalue weighted by Gasteiger charge is -2.29. The predicted molar refractivity (Wildman–Crippen MR) is 173 cm³/mol. The second kappa shape index (κ2) is 15.0. The van der Waals surface area contributed by atoms with E-state index in [0.717, 1.165) is 26.9 Å². The van der Waals surface area contributed by atoms with Gasteiger partial charge >= 0.3 is 0 Å². The topological polar surface area (TPSA) is 95.9 Å². The number of ether oxygens (including phenoxy) is 1. The van der Waals surface area contributed by atoms with Crippen LogP contribution in [-0.4, -0.2) is 57.5 Å². The van der Waals surface area contributed by atoms with Gasteiger partial charge in [0.1, 0.15) is 5.75 Å². The molecule has 0 unspecified atom stereocenters. The number of halogens is 1. The summed E-state index contributed by atoms with van der Waals surface area (Å²) < 4.78 is 34.4. The molecule has 0 aromatic heterocycles. The van der Waals surface area contributed by atoms with E-state index in [9.17, 15) is 18.3 Å². The van der Waals surface area contributed by atoms with Crippen molar-refractivity contribution in [2.24, 2.45) is 5.92 Å². The van der Waals surface area contributed by atoms with E-state index in [2.05, 4.69) is 21.2 Å². The number of hydrogen-bond donors (Lipinski definition) is 2. The number of nitrogens with zero attached hydrogens (tertiary/aromatic N) is 1. The monoisotopic (exact) mass is 658 g/mol. The summed E-state index contributed by atoms with van der Waals surface area (Å²) in [6, 6.07) is 19.5. The number of para-hydroxylation sites is 1. The molecule has 0 radical (unpaired) electrons. The van der Waals surface area contributed by atoms with Crippen LogP contribution in [0.25, 0.3) is 0 Å². The van der Waals surface area contributed by atoms with Gasteiger partial charge in [0.15, 0.2) is 16.4 Å². The third kappa shape index (κ3) is 9.31. The van der Waals surface area contributed by atoms with Crippen LogP contribution in [0.15, 0.2) is 76.1 Å². The molecule has 0 saturated carbocycles. The normalized spacial score (nSPS) is 13.8. The first-order chi connectivity index (χ1) is 19.8. The molecule has 0 spiro atoms. The van der Waals surface area contributed by atoms with Gasteiger partial charge in [-0.2, -0.15) is 0 Å². The Kier molecular flexibility index (Phi) is 12.0. The summed E-state index contributed by atoms with van der Waals surface area (Å²) in [5, 5.41) is 13.6. The van der Waals surface area contributed by atoms with Crippen LogP contribution in [0, 0.1) is 19.8 Å². The van der Waals surface area contributed by atoms with Gasteiger partial charge in [-0.05, 0) is 92.1 Å². The molecule has 0 bridgehead atoms.